The maximum Gasteiger partial charge on any atom is 0.299 e. The zero-order valence-corrected chi connectivity index (χ0v) is 5.74. The number of nitrogens with zero attached hydrogens (tertiary/aromatic N) is 2. The zero-order valence-electron chi connectivity index (χ0n) is 5.74. The van der Waals surface area contributed by atoms with Crippen LogP contribution in [-0.4, -0.2) is 17.6 Å². The Hall–Kier alpha value is -1.34. The van der Waals surface area contributed by atoms with Gasteiger partial charge in [0, 0.05) is 0 Å². The quantitative estimate of drug-likeness (QED) is 0.394. The fourth-order valence-electron chi connectivity index (χ4n) is 0.764. The van der Waals surface area contributed by atoms with Gasteiger partial charge in [-0.05, 0) is 6.08 Å². The molecule has 3 nitrogen and oxygen atoms in total. The van der Waals surface area contributed by atoms with Crippen molar-refractivity contribution in [3.8, 4) is 0 Å². The van der Waals surface area contributed by atoms with Crippen molar-refractivity contribution in [2.24, 2.45) is 0 Å². The molecule has 10 heavy (non-hydrogen) atoms. The van der Waals surface area contributed by atoms with Crippen molar-refractivity contribution >= 4 is 5.71 Å². The van der Waals surface area contributed by atoms with E-state index in [1.165, 1.54) is 0 Å². The van der Waals surface area contributed by atoms with Gasteiger partial charge in [0.15, 0.2) is 0 Å². The van der Waals surface area contributed by atoms with Crippen LogP contribution < -0.4 is 0 Å². The van der Waals surface area contributed by atoms with Crippen molar-refractivity contribution in [1.29, 1.82) is 0 Å². The number of allylic oxidation sites excluding steroid dienone is 3. The van der Waals surface area contributed by atoms with Gasteiger partial charge in [0.05, 0.1) is 19.6 Å². The molecule has 0 aliphatic heterocycles. The molecular formula is C7H8N2O. The van der Waals surface area contributed by atoms with Crippen LogP contribution in [0.15, 0.2) is 24.0 Å². The van der Waals surface area contributed by atoms with E-state index in [2.05, 4.69) is 4.79 Å². The molecule has 52 valence electrons. The molecule has 0 unspecified atom stereocenters. The Bertz CT molecular complexity index is 234. The van der Waals surface area contributed by atoms with Crippen LogP contribution >= 0.6 is 0 Å². The highest BCUT2D eigenvalue weighted by Gasteiger charge is 2.07. The standard InChI is InChI=1S/C7H8N2O/c1-10-7-4-2-3-6(5-7)9-8/h2,4-5H,3H2,1H3. The first kappa shape index (κ1) is 6.78. The lowest BCUT2D eigenvalue weighted by Gasteiger charge is -2.00. The van der Waals surface area contributed by atoms with Crippen LogP contribution in [0.5, 0.6) is 0 Å². The molecule has 0 heterocycles. The molecule has 0 aromatic heterocycles. The Morgan fingerprint density at radius 1 is 1.70 bits per heavy atom. The summed E-state index contributed by atoms with van der Waals surface area (Å²) in [4.78, 5) is 3.05. The third-order valence-corrected chi connectivity index (χ3v) is 1.28. The molecule has 1 aliphatic carbocycles. The van der Waals surface area contributed by atoms with E-state index in [0.717, 1.165) is 5.76 Å². The van der Waals surface area contributed by atoms with Gasteiger partial charge in [-0.2, -0.15) is 4.79 Å². The normalized spacial score (nSPS) is 16.1. The minimum absolute atomic E-state index is 0.624. The summed E-state index contributed by atoms with van der Waals surface area (Å²) >= 11 is 0. The molecule has 0 fully saturated rings. The number of rotatable bonds is 1. The van der Waals surface area contributed by atoms with E-state index in [4.69, 9.17) is 10.3 Å². The van der Waals surface area contributed by atoms with Gasteiger partial charge in [-0.25, -0.2) is 0 Å². The number of hydrogen-bond acceptors (Lipinski definition) is 1. The summed E-state index contributed by atoms with van der Waals surface area (Å²) in [6.45, 7) is 0. The van der Waals surface area contributed by atoms with Crippen LogP contribution in [-0.2, 0) is 4.74 Å². The molecule has 0 N–H and O–H groups in total. The molecule has 0 bridgehead atoms. The fourth-order valence-corrected chi connectivity index (χ4v) is 0.764. The largest absolute Gasteiger partial charge is 0.496 e. The SMILES string of the molecule is COC1=CC(=[N+]=[N-])CC=C1. The summed E-state index contributed by atoms with van der Waals surface area (Å²) in [5.74, 6) is 0.721. The van der Waals surface area contributed by atoms with Crippen LogP contribution in [0.4, 0.5) is 0 Å². The molecule has 1 rings (SSSR count). The summed E-state index contributed by atoms with van der Waals surface area (Å²) < 4.78 is 4.91. The minimum Gasteiger partial charge on any atom is -0.496 e. The second kappa shape index (κ2) is 2.99. The molecule has 1 aliphatic rings. The number of methoxy groups -OCH3 is 1. The fraction of sp³-hybridized carbons (Fsp3) is 0.286. The molecule has 0 saturated carbocycles. The number of hydrogen-bond donors (Lipinski definition) is 0. The van der Waals surface area contributed by atoms with Crippen molar-refractivity contribution < 1.29 is 9.53 Å². The molecule has 0 aromatic carbocycles. The Labute approximate surface area is 59.2 Å². The second-order valence-electron chi connectivity index (χ2n) is 1.95. The molecular weight excluding hydrogens is 128 g/mol. The summed E-state index contributed by atoms with van der Waals surface area (Å²) in [7, 11) is 1.58. The topological polar surface area (TPSA) is 45.6 Å². The smallest absolute Gasteiger partial charge is 0.299 e. The van der Waals surface area contributed by atoms with E-state index in [0.29, 0.717) is 12.1 Å². The maximum atomic E-state index is 8.36. The first-order valence-corrected chi connectivity index (χ1v) is 3.00. The molecule has 0 atom stereocenters. The highest BCUT2D eigenvalue weighted by molar-refractivity contribution is 5.93. The Morgan fingerprint density at radius 3 is 3.10 bits per heavy atom. The molecule has 0 aromatic rings. The van der Waals surface area contributed by atoms with Crippen LogP contribution in [0.3, 0.4) is 0 Å². The highest BCUT2D eigenvalue weighted by Crippen LogP contribution is 2.06. The molecule has 3 heteroatoms. The first-order chi connectivity index (χ1) is 4.86. The Kier molecular flexibility index (Phi) is 2.03. The van der Waals surface area contributed by atoms with Crippen molar-refractivity contribution in [2.75, 3.05) is 7.11 Å². The average Bonchev–Trinajstić information content (AvgIpc) is 2.05. The van der Waals surface area contributed by atoms with Gasteiger partial charge in [0.1, 0.15) is 5.76 Å². The monoisotopic (exact) mass is 136 g/mol. The Morgan fingerprint density at radius 2 is 2.50 bits per heavy atom. The van der Waals surface area contributed by atoms with E-state index in [1.807, 2.05) is 12.2 Å². The Balaban J connectivity index is 2.84. The van der Waals surface area contributed by atoms with Crippen LogP contribution in [0, 0.1) is 0 Å². The molecule has 0 radical (unpaired) electrons. The van der Waals surface area contributed by atoms with Gasteiger partial charge < -0.3 is 10.3 Å². The van der Waals surface area contributed by atoms with Gasteiger partial charge in [-0.15, -0.1) is 0 Å². The van der Waals surface area contributed by atoms with E-state index >= 15 is 0 Å². The third-order valence-electron chi connectivity index (χ3n) is 1.28. The molecule has 0 spiro atoms. The summed E-state index contributed by atoms with van der Waals surface area (Å²) in [6, 6.07) is 0. The van der Waals surface area contributed by atoms with Crippen LogP contribution in [0.2, 0.25) is 0 Å². The minimum atomic E-state index is 0.624. The average molecular weight is 136 g/mol. The third kappa shape index (κ3) is 1.33. The predicted molar refractivity (Wildman–Crippen MR) is 37.5 cm³/mol. The van der Waals surface area contributed by atoms with E-state index in [9.17, 15) is 0 Å². The second-order valence-corrected chi connectivity index (χ2v) is 1.95. The molecule has 0 amide bonds. The summed E-state index contributed by atoms with van der Waals surface area (Å²) in [5, 5.41) is 0. The lowest BCUT2D eigenvalue weighted by Crippen LogP contribution is -2.00. The number of ether oxygens (including phenoxy) is 1. The van der Waals surface area contributed by atoms with Crippen molar-refractivity contribution in [1.82, 2.24) is 0 Å². The van der Waals surface area contributed by atoms with Gasteiger partial charge >= 0.3 is 0 Å². The predicted octanol–water partition coefficient (Wildman–Crippen LogP) is 1.15. The lowest BCUT2D eigenvalue weighted by atomic mass is 10.1. The van der Waals surface area contributed by atoms with Gasteiger partial charge in [0.25, 0.3) is 5.71 Å². The van der Waals surface area contributed by atoms with Gasteiger partial charge in [0.2, 0.25) is 0 Å². The summed E-state index contributed by atoms with van der Waals surface area (Å²) in [6.07, 6.45) is 6.09. The van der Waals surface area contributed by atoms with Gasteiger partial charge in [-0.3, -0.25) is 0 Å². The van der Waals surface area contributed by atoms with Crippen LogP contribution in [0.25, 0.3) is 5.53 Å². The molecule has 0 saturated heterocycles. The summed E-state index contributed by atoms with van der Waals surface area (Å²) in [5.41, 5.74) is 8.98. The zero-order chi connectivity index (χ0) is 7.40. The van der Waals surface area contributed by atoms with E-state index < -0.39 is 0 Å². The van der Waals surface area contributed by atoms with Crippen molar-refractivity contribution in [2.45, 2.75) is 6.42 Å². The highest BCUT2D eigenvalue weighted by atomic mass is 16.5. The lowest BCUT2D eigenvalue weighted by molar-refractivity contribution is -0.00570. The van der Waals surface area contributed by atoms with Crippen molar-refractivity contribution in [3.63, 3.8) is 0 Å². The van der Waals surface area contributed by atoms with Crippen LogP contribution in [0.1, 0.15) is 6.42 Å². The first-order valence-electron chi connectivity index (χ1n) is 3.00. The maximum absolute atomic E-state index is 8.36. The van der Waals surface area contributed by atoms with Gasteiger partial charge in [-0.1, -0.05) is 6.08 Å². The van der Waals surface area contributed by atoms with E-state index in [-0.39, 0.29) is 0 Å². The van der Waals surface area contributed by atoms with E-state index in [1.54, 1.807) is 13.2 Å². The van der Waals surface area contributed by atoms with Crippen molar-refractivity contribution in [3.05, 3.63) is 29.5 Å².